The Morgan fingerprint density at radius 2 is 1.90 bits per heavy atom. The molecule has 0 spiro atoms. The first kappa shape index (κ1) is 23.1. The third-order valence-corrected chi connectivity index (χ3v) is 8.19. The fourth-order valence-electron chi connectivity index (χ4n) is 5.45. The maximum absolute atomic E-state index is 5.69. The Bertz CT molecular complexity index is 723. The molecule has 3 aliphatic rings. The summed E-state index contributed by atoms with van der Waals surface area (Å²) in [7, 11) is 0. The third-order valence-electron chi connectivity index (χ3n) is 7.41. The number of hydrogen-bond donors (Lipinski definition) is 1. The summed E-state index contributed by atoms with van der Waals surface area (Å²) in [6.45, 7) is 8.62. The van der Waals surface area contributed by atoms with Crippen LogP contribution in [0.15, 0.2) is 34.4 Å². The molecule has 4 rings (SSSR count). The van der Waals surface area contributed by atoms with Crippen LogP contribution in [0.1, 0.15) is 63.9 Å². The topological polar surface area (TPSA) is 27.7 Å². The molecule has 172 valence electrons. The molecule has 2 heterocycles. The van der Waals surface area contributed by atoms with Gasteiger partial charge in [0.05, 0.1) is 13.3 Å². The van der Waals surface area contributed by atoms with Crippen molar-refractivity contribution in [1.29, 1.82) is 0 Å². The van der Waals surface area contributed by atoms with Crippen molar-refractivity contribution in [1.82, 2.24) is 15.1 Å². The molecule has 0 bridgehead atoms. The normalized spacial score (nSPS) is 22.2. The van der Waals surface area contributed by atoms with Crippen molar-refractivity contribution in [2.24, 2.45) is 5.92 Å². The van der Waals surface area contributed by atoms with E-state index in [0.29, 0.717) is 0 Å². The summed E-state index contributed by atoms with van der Waals surface area (Å²) < 4.78 is 6.91. The number of halogens is 1. The lowest BCUT2D eigenvalue weighted by atomic mass is 9.90. The number of nitrogens with one attached hydrogen (secondary N) is 1. The van der Waals surface area contributed by atoms with E-state index in [1.54, 1.807) is 0 Å². The molecule has 1 N–H and O–H groups in total. The Hall–Kier alpha value is -1.04. The van der Waals surface area contributed by atoms with Gasteiger partial charge < -0.3 is 15.0 Å². The lowest BCUT2D eigenvalue weighted by Gasteiger charge is -2.37. The molecule has 0 atom stereocenters. The molecule has 1 saturated carbocycles. The lowest BCUT2D eigenvalue weighted by Crippen LogP contribution is -2.46. The molecule has 0 unspecified atom stereocenters. The van der Waals surface area contributed by atoms with E-state index >= 15 is 0 Å². The van der Waals surface area contributed by atoms with Crippen molar-refractivity contribution in [3.63, 3.8) is 0 Å². The minimum absolute atomic E-state index is 0.726. The number of piperidine rings is 1. The summed E-state index contributed by atoms with van der Waals surface area (Å²) in [5, 5.41) is 3.71. The largest absolute Gasteiger partial charge is 0.494 e. The monoisotopic (exact) mass is 489 g/mol. The average Bonchev–Trinajstić information content (AvgIpc) is 2.82. The van der Waals surface area contributed by atoms with Crippen LogP contribution in [0.25, 0.3) is 0 Å². The van der Waals surface area contributed by atoms with Crippen LogP contribution >= 0.6 is 15.9 Å². The standard InChI is InChI=1S/C26H40BrN3O/c1-2-31-25-8-9-26(27)22(19-25)18-21-10-14-29(15-11-21)16-12-23-13-17-30(20-28-23)24-6-4-3-5-7-24/h8-9,13,19,21,24,28H,2-7,10-12,14-18,20H2,1H3. The minimum atomic E-state index is 0.726. The summed E-state index contributed by atoms with van der Waals surface area (Å²) >= 11 is 3.74. The van der Waals surface area contributed by atoms with Gasteiger partial charge >= 0.3 is 0 Å². The number of benzene rings is 1. The van der Waals surface area contributed by atoms with Gasteiger partial charge in [-0.15, -0.1) is 0 Å². The highest BCUT2D eigenvalue weighted by Crippen LogP contribution is 2.29. The van der Waals surface area contributed by atoms with Crippen molar-refractivity contribution >= 4 is 15.9 Å². The second kappa shape index (κ2) is 11.7. The molecule has 5 heteroatoms. The van der Waals surface area contributed by atoms with E-state index in [9.17, 15) is 0 Å². The summed E-state index contributed by atoms with van der Waals surface area (Å²) in [6, 6.07) is 7.22. The van der Waals surface area contributed by atoms with Gasteiger partial charge in [-0.2, -0.15) is 0 Å². The number of nitrogens with zero attached hydrogens (tertiary/aromatic N) is 2. The zero-order valence-electron chi connectivity index (χ0n) is 19.3. The summed E-state index contributed by atoms with van der Waals surface area (Å²) in [6.07, 6.45) is 14.4. The molecule has 1 aliphatic carbocycles. The first-order valence-electron chi connectivity index (χ1n) is 12.5. The van der Waals surface area contributed by atoms with Crippen LogP contribution in [0.3, 0.4) is 0 Å². The van der Waals surface area contributed by atoms with Crippen molar-refractivity contribution in [3.8, 4) is 5.75 Å². The van der Waals surface area contributed by atoms with Crippen molar-refractivity contribution in [2.45, 2.75) is 70.8 Å². The van der Waals surface area contributed by atoms with Crippen LogP contribution in [-0.4, -0.2) is 55.3 Å². The zero-order chi connectivity index (χ0) is 21.5. The van der Waals surface area contributed by atoms with Crippen LogP contribution in [0.2, 0.25) is 0 Å². The Balaban J connectivity index is 1.17. The molecule has 4 nitrogen and oxygen atoms in total. The summed E-state index contributed by atoms with van der Waals surface area (Å²) in [5.41, 5.74) is 2.86. The number of likely N-dealkylation sites (tertiary alicyclic amines) is 1. The smallest absolute Gasteiger partial charge is 0.119 e. The SMILES string of the molecule is CCOc1ccc(Br)c(CC2CCN(CCC3=CCN(C4CCCCC4)CN3)CC2)c1. The number of ether oxygens (including phenoxy) is 1. The molecule has 0 radical (unpaired) electrons. The Labute approximate surface area is 197 Å². The molecule has 2 fully saturated rings. The van der Waals surface area contributed by atoms with Gasteiger partial charge in [-0.1, -0.05) is 41.3 Å². The van der Waals surface area contributed by atoms with Gasteiger partial charge in [0.25, 0.3) is 0 Å². The molecule has 0 aromatic heterocycles. The zero-order valence-corrected chi connectivity index (χ0v) is 20.8. The maximum Gasteiger partial charge on any atom is 0.119 e. The van der Waals surface area contributed by atoms with E-state index in [-0.39, 0.29) is 0 Å². The van der Waals surface area contributed by atoms with Crippen LogP contribution < -0.4 is 10.1 Å². The van der Waals surface area contributed by atoms with Crippen molar-refractivity contribution in [2.75, 3.05) is 39.5 Å². The highest BCUT2D eigenvalue weighted by Gasteiger charge is 2.23. The first-order valence-corrected chi connectivity index (χ1v) is 13.3. The van der Waals surface area contributed by atoms with Crippen molar-refractivity contribution < 1.29 is 4.74 Å². The Kier molecular flexibility index (Phi) is 8.74. The quantitative estimate of drug-likeness (QED) is 0.516. The van der Waals surface area contributed by atoms with Crippen LogP contribution in [0.5, 0.6) is 5.75 Å². The van der Waals surface area contributed by atoms with E-state index in [0.717, 1.165) is 44.0 Å². The van der Waals surface area contributed by atoms with E-state index in [1.165, 1.54) is 86.7 Å². The Morgan fingerprint density at radius 1 is 1.10 bits per heavy atom. The minimum Gasteiger partial charge on any atom is -0.494 e. The lowest BCUT2D eigenvalue weighted by molar-refractivity contribution is 0.152. The molecule has 0 amide bonds. The number of rotatable bonds is 8. The van der Waals surface area contributed by atoms with E-state index in [1.807, 2.05) is 6.92 Å². The van der Waals surface area contributed by atoms with Gasteiger partial charge in [-0.05, 0) is 88.2 Å². The van der Waals surface area contributed by atoms with Gasteiger partial charge in [-0.25, -0.2) is 0 Å². The second-order valence-electron chi connectivity index (χ2n) is 9.55. The van der Waals surface area contributed by atoms with Gasteiger partial charge in [0.1, 0.15) is 5.75 Å². The fourth-order valence-corrected chi connectivity index (χ4v) is 5.86. The van der Waals surface area contributed by atoms with Gasteiger partial charge in [-0.3, -0.25) is 4.90 Å². The molecule has 2 aliphatic heterocycles. The predicted molar refractivity (Wildman–Crippen MR) is 132 cm³/mol. The average molecular weight is 491 g/mol. The highest BCUT2D eigenvalue weighted by molar-refractivity contribution is 9.10. The molecule has 1 saturated heterocycles. The molecule has 1 aromatic carbocycles. The van der Waals surface area contributed by atoms with Crippen LogP contribution in [0, 0.1) is 5.92 Å². The van der Waals surface area contributed by atoms with Crippen LogP contribution in [-0.2, 0) is 6.42 Å². The molecule has 31 heavy (non-hydrogen) atoms. The predicted octanol–water partition coefficient (Wildman–Crippen LogP) is 5.57. The third kappa shape index (κ3) is 6.72. The summed E-state index contributed by atoms with van der Waals surface area (Å²) in [5.74, 6) is 1.77. The second-order valence-corrected chi connectivity index (χ2v) is 10.4. The van der Waals surface area contributed by atoms with Crippen molar-refractivity contribution in [3.05, 3.63) is 40.0 Å². The van der Waals surface area contributed by atoms with Crippen LogP contribution in [0.4, 0.5) is 0 Å². The molecular weight excluding hydrogens is 450 g/mol. The first-order chi connectivity index (χ1) is 15.2. The van der Waals surface area contributed by atoms with E-state index in [2.05, 4.69) is 55.3 Å². The Morgan fingerprint density at radius 3 is 2.61 bits per heavy atom. The van der Waals surface area contributed by atoms with E-state index in [4.69, 9.17) is 4.74 Å². The summed E-state index contributed by atoms with van der Waals surface area (Å²) in [4.78, 5) is 5.31. The van der Waals surface area contributed by atoms with Gasteiger partial charge in [0, 0.05) is 29.3 Å². The number of hydrogen-bond acceptors (Lipinski definition) is 4. The van der Waals surface area contributed by atoms with Gasteiger partial charge in [0.2, 0.25) is 0 Å². The van der Waals surface area contributed by atoms with Gasteiger partial charge in [0.15, 0.2) is 0 Å². The molecule has 1 aromatic rings. The molecular formula is C26H40BrN3O. The maximum atomic E-state index is 5.69. The fraction of sp³-hybridized carbons (Fsp3) is 0.692. The highest BCUT2D eigenvalue weighted by atomic mass is 79.9. The van der Waals surface area contributed by atoms with E-state index < -0.39 is 0 Å².